The van der Waals surface area contributed by atoms with Crippen LogP contribution in [-0.2, 0) is 16.6 Å². The molecular weight excluding hydrogens is 556 g/mol. The van der Waals surface area contributed by atoms with Crippen molar-refractivity contribution in [2.75, 3.05) is 18.0 Å². The van der Waals surface area contributed by atoms with E-state index in [9.17, 15) is 14.7 Å². The van der Waals surface area contributed by atoms with Crippen molar-refractivity contribution in [2.24, 2.45) is 12.8 Å². The topological polar surface area (TPSA) is 99.5 Å². The third-order valence-corrected chi connectivity index (χ3v) is 9.22. The fraction of sp³-hybridized carbons (Fsp3) is 0.457. The molecule has 1 amide bonds. The number of para-hydroxylation sites is 2. The summed E-state index contributed by atoms with van der Waals surface area (Å²) in [5.74, 6) is -1.13. The molecule has 0 saturated carbocycles. The van der Waals surface area contributed by atoms with Crippen LogP contribution in [0.1, 0.15) is 82.6 Å². The zero-order valence-corrected chi connectivity index (χ0v) is 26.3. The molecule has 230 valence electrons. The molecule has 1 atom stereocenters. The maximum absolute atomic E-state index is 12.2. The van der Waals surface area contributed by atoms with Gasteiger partial charge >= 0.3 is 5.97 Å². The van der Waals surface area contributed by atoms with Gasteiger partial charge in [-0.05, 0) is 68.5 Å². The first-order valence-electron chi connectivity index (χ1n) is 15.8. The molecule has 8 heteroatoms. The molecule has 2 heterocycles. The number of nitrogens with two attached hydrogens (primary N) is 1. The van der Waals surface area contributed by atoms with Gasteiger partial charge in [-0.25, -0.2) is 9.36 Å². The Morgan fingerprint density at radius 2 is 1.63 bits per heavy atom. The van der Waals surface area contributed by atoms with E-state index in [-0.39, 0.29) is 5.91 Å². The highest BCUT2D eigenvalue weighted by molar-refractivity contribution is 8.03. The first kappa shape index (κ1) is 32.6. The van der Waals surface area contributed by atoms with E-state index < -0.39 is 12.0 Å². The minimum atomic E-state index is -0.968. The smallest absolute Gasteiger partial charge is 0.326 e. The Morgan fingerprint density at radius 3 is 2.40 bits per heavy atom. The highest BCUT2D eigenvalue weighted by Gasteiger charge is 2.25. The van der Waals surface area contributed by atoms with E-state index >= 15 is 0 Å². The van der Waals surface area contributed by atoms with Gasteiger partial charge in [0.05, 0.1) is 16.1 Å². The molecule has 0 saturated heterocycles. The number of nitrogens with one attached hydrogen (secondary N) is 1. The number of pyridine rings is 1. The lowest BCUT2D eigenvalue weighted by atomic mass is 10.1. The van der Waals surface area contributed by atoms with Gasteiger partial charge in [0.2, 0.25) is 11.4 Å². The standard InChI is InChI=1S/C35H46N4O3S/c1-38-25-22-27(28-16-9-10-18-30(28)38)26-34-39(31-19-11-12-20-32(31)43-34)24-15-7-5-3-2-4-6-8-21-33(40)37-29(35(41)42)17-13-14-23-36/h9-12,16,18-20,22,25-26,29H,2-8,13-15,17,21,23-24,36H2,1H3,(H-,37,40,41,42)/p+1/t29-/m0/s1. The van der Waals surface area contributed by atoms with Crippen molar-refractivity contribution in [3.05, 3.63) is 71.4 Å². The van der Waals surface area contributed by atoms with Crippen LogP contribution >= 0.6 is 11.8 Å². The molecule has 0 fully saturated rings. The number of carbonyl (C=O) groups excluding carboxylic acids is 1. The van der Waals surface area contributed by atoms with E-state index in [1.165, 1.54) is 57.8 Å². The van der Waals surface area contributed by atoms with Crippen molar-refractivity contribution < 1.29 is 19.3 Å². The van der Waals surface area contributed by atoms with Crippen LogP contribution in [0.15, 0.2) is 70.7 Å². The normalized spacial score (nSPS) is 14.3. The number of aryl methyl sites for hydroxylation is 1. The molecule has 1 aromatic heterocycles. The first-order chi connectivity index (χ1) is 21.0. The van der Waals surface area contributed by atoms with Gasteiger partial charge in [0.25, 0.3) is 0 Å². The van der Waals surface area contributed by atoms with E-state index in [1.54, 1.807) is 0 Å². The van der Waals surface area contributed by atoms with Crippen molar-refractivity contribution in [3.8, 4) is 0 Å². The number of amides is 1. The summed E-state index contributed by atoms with van der Waals surface area (Å²) in [6.07, 6.45) is 15.6. The molecule has 4 N–H and O–H groups in total. The number of benzene rings is 2. The Kier molecular flexibility index (Phi) is 12.9. The van der Waals surface area contributed by atoms with Crippen LogP contribution in [0, 0.1) is 0 Å². The molecule has 0 unspecified atom stereocenters. The molecule has 2 aromatic carbocycles. The number of carboxylic acid groups (broad SMARTS) is 1. The van der Waals surface area contributed by atoms with Gasteiger partial charge < -0.3 is 21.1 Å². The SMILES string of the molecule is C[n+]1ccc(C=C2Sc3ccccc3N2CCCCCCCCCCC(=O)N[C@@H](CCCCN)C(=O)O)c2ccccc21. The Balaban J connectivity index is 1.17. The average Bonchev–Trinajstić information content (AvgIpc) is 3.36. The minimum absolute atomic E-state index is 0.162. The molecule has 1 aliphatic heterocycles. The molecule has 0 radical (unpaired) electrons. The van der Waals surface area contributed by atoms with Gasteiger partial charge in [-0.2, -0.15) is 0 Å². The summed E-state index contributed by atoms with van der Waals surface area (Å²) in [5.41, 5.74) is 9.26. The summed E-state index contributed by atoms with van der Waals surface area (Å²) < 4.78 is 2.17. The second-order valence-electron chi connectivity index (χ2n) is 11.4. The number of aliphatic carboxylic acids is 1. The molecule has 3 aromatic rings. The van der Waals surface area contributed by atoms with E-state index in [4.69, 9.17) is 5.73 Å². The van der Waals surface area contributed by atoms with Crippen molar-refractivity contribution in [3.63, 3.8) is 0 Å². The minimum Gasteiger partial charge on any atom is -0.480 e. The van der Waals surface area contributed by atoms with Gasteiger partial charge in [0.15, 0.2) is 6.20 Å². The molecule has 0 aliphatic carbocycles. The maximum Gasteiger partial charge on any atom is 0.326 e. The van der Waals surface area contributed by atoms with Gasteiger partial charge in [-0.1, -0.05) is 74.6 Å². The second kappa shape index (κ2) is 17.1. The molecule has 7 nitrogen and oxygen atoms in total. The summed E-state index contributed by atoms with van der Waals surface area (Å²) in [6, 6.07) is 18.7. The lowest BCUT2D eigenvalue weighted by Gasteiger charge is -2.20. The van der Waals surface area contributed by atoms with Crippen LogP contribution in [0.25, 0.3) is 17.0 Å². The van der Waals surface area contributed by atoms with Crippen LogP contribution in [0.3, 0.4) is 0 Å². The van der Waals surface area contributed by atoms with Crippen LogP contribution in [-0.4, -0.2) is 36.1 Å². The number of thioether (sulfide) groups is 1. The number of hydrogen-bond donors (Lipinski definition) is 3. The number of nitrogens with zero attached hydrogens (tertiary/aromatic N) is 2. The predicted octanol–water partition coefficient (Wildman–Crippen LogP) is 6.78. The number of fused-ring (bicyclic) bond motifs is 2. The van der Waals surface area contributed by atoms with Gasteiger partial charge in [0, 0.05) is 30.0 Å². The molecule has 4 rings (SSSR count). The van der Waals surface area contributed by atoms with Crippen molar-refractivity contribution in [1.29, 1.82) is 0 Å². The highest BCUT2D eigenvalue weighted by atomic mass is 32.2. The number of carboxylic acids is 1. The summed E-state index contributed by atoms with van der Waals surface area (Å²) >= 11 is 1.86. The molecular formula is C35H47N4O3S+. The Morgan fingerprint density at radius 1 is 0.930 bits per heavy atom. The number of aromatic nitrogens is 1. The first-order valence-corrected chi connectivity index (χ1v) is 16.7. The monoisotopic (exact) mass is 603 g/mol. The number of carbonyl (C=O) groups is 2. The number of unbranched alkanes of at least 4 members (excludes halogenated alkanes) is 8. The summed E-state index contributed by atoms with van der Waals surface area (Å²) in [4.78, 5) is 27.3. The largest absolute Gasteiger partial charge is 0.480 e. The molecule has 43 heavy (non-hydrogen) atoms. The molecule has 1 aliphatic rings. The van der Waals surface area contributed by atoms with Gasteiger partial charge in [-0.15, -0.1) is 0 Å². The van der Waals surface area contributed by atoms with E-state index in [2.05, 4.69) is 88.7 Å². The highest BCUT2D eigenvalue weighted by Crippen LogP contribution is 2.46. The van der Waals surface area contributed by atoms with Crippen LogP contribution in [0.2, 0.25) is 0 Å². The quantitative estimate of drug-likeness (QED) is 0.109. The van der Waals surface area contributed by atoms with Crippen LogP contribution in [0.5, 0.6) is 0 Å². The van der Waals surface area contributed by atoms with Crippen molar-refractivity contribution in [2.45, 2.75) is 88.0 Å². The lowest BCUT2D eigenvalue weighted by molar-refractivity contribution is -0.644. The fourth-order valence-corrected chi connectivity index (χ4v) is 6.81. The zero-order valence-electron chi connectivity index (χ0n) is 25.5. The number of hydrogen-bond acceptors (Lipinski definition) is 5. The van der Waals surface area contributed by atoms with Crippen molar-refractivity contribution >= 4 is 46.3 Å². The predicted molar refractivity (Wildman–Crippen MR) is 177 cm³/mol. The Bertz CT molecular complexity index is 1390. The van der Waals surface area contributed by atoms with Gasteiger partial charge in [0.1, 0.15) is 13.1 Å². The van der Waals surface area contributed by atoms with Crippen LogP contribution in [0.4, 0.5) is 5.69 Å². The van der Waals surface area contributed by atoms with Crippen molar-refractivity contribution in [1.82, 2.24) is 5.32 Å². The molecule has 0 bridgehead atoms. The average molecular weight is 604 g/mol. The maximum atomic E-state index is 12.2. The summed E-state index contributed by atoms with van der Waals surface area (Å²) in [5, 5.41) is 14.5. The fourth-order valence-electron chi connectivity index (χ4n) is 5.67. The van der Waals surface area contributed by atoms with Gasteiger partial charge in [-0.3, -0.25) is 4.79 Å². The zero-order chi connectivity index (χ0) is 30.4. The Labute approximate surface area is 260 Å². The van der Waals surface area contributed by atoms with E-state index in [1.807, 2.05) is 11.8 Å². The molecule has 0 spiro atoms. The number of rotatable bonds is 18. The van der Waals surface area contributed by atoms with Crippen LogP contribution < -0.4 is 20.5 Å². The lowest BCUT2D eigenvalue weighted by Crippen LogP contribution is -2.40. The third kappa shape index (κ3) is 9.57. The second-order valence-corrected chi connectivity index (χ2v) is 12.5. The summed E-state index contributed by atoms with van der Waals surface area (Å²) in [7, 11) is 2.09. The summed E-state index contributed by atoms with van der Waals surface area (Å²) in [6.45, 7) is 1.55. The van der Waals surface area contributed by atoms with E-state index in [0.29, 0.717) is 25.8 Å². The van der Waals surface area contributed by atoms with E-state index in [0.717, 1.165) is 38.6 Å². The number of anilines is 1. The third-order valence-electron chi connectivity index (χ3n) is 8.10. The Hall–Kier alpha value is -3.36.